The lowest BCUT2D eigenvalue weighted by Gasteiger charge is -2.42. The maximum absolute atomic E-state index is 11.9. The van der Waals surface area contributed by atoms with Crippen molar-refractivity contribution in [2.45, 2.75) is 18.9 Å². The molecule has 2 aliphatic rings. The summed E-state index contributed by atoms with van der Waals surface area (Å²) in [5, 5.41) is 8.69. The fourth-order valence-corrected chi connectivity index (χ4v) is 3.35. The number of aliphatic hydroxyl groups excluding tert-OH is 1. The summed E-state index contributed by atoms with van der Waals surface area (Å²) < 4.78 is 1.94. The van der Waals surface area contributed by atoms with Gasteiger partial charge in [0.2, 0.25) is 0 Å². The Hall–Kier alpha value is -1.57. The Morgan fingerprint density at radius 1 is 1.26 bits per heavy atom. The summed E-state index contributed by atoms with van der Waals surface area (Å²) in [6.07, 6.45) is 1.17. The standard InChI is InChI=1S/C15H18N2O2/c18-7-2-1-6-16-9-12-8-13(11-16)14-4-3-5-15(19)17(14)10-12/h3-5,12-13,18H,6-11H2. The first-order chi connectivity index (χ1) is 9.28. The van der Waals surface area contributed by atoms with Gasteiger partial charge in [0.1, 0.15) is 6.61 Å². The molecule has 0 saturated carbocycles. The van der Waals surface area contributed by atoms with Gasteiger partial charge in [0.25, 0.3) is 5.56 Å². The van der Waals surface area contributed by atoms with E-state index in [4.69, 9.17) is 5.11 Å². The van der Waals surface area contributed by atoms with Crippen LogP contribution in [0.4, 0.5) is 0 Å². The molecule has 0 aliphatic carbocycles. The van der Waals surface area contributed by atoms with E-state index in [1.54, 1.807) is 6.07 Å². The molecule has 1 fully saturated rings. The summed E-state index contributed by atoms with van der Waals surface area (Å²) in [5.74, 6) is 6.67. The van der Waals surface area contributed by atoms with E-state index in [0.717, 1.165) is 19.6 Å². The smallest absolute Gasteiger partial charge is 0.250 e. The molecule has 1 saturated heterocycles. The molecule has 0 radical (unpaired) electrons. The lowest BCUT2D eigenvalue weighted by Crippen LogP contribution is -2.47. The SMILES string of the molecule is O=c1cccc2n1CC1CC2CN(CC#CCO)C1. The topological polar surface area (TPSA) is 45.5 Å². The molecule has 2 aliphatic heterocycles. The molecule has 3 rings (SSSR count). The second-order valence-corrected chi connectivity index (χ2v) is 5.40. The zero-order valence-corrected chi connectivity index (χ0v) is 10.9. The summed E-state index contributed by atoms with van der Waals surface area (Å²) >= 11 is 0. The van der Waals surface area contributed by atoms with Crippen LogP contribution in [0.25, 0.3) is 0 Å². The third kappa shape index (κ3) is 2.44. The number of pyridine rings is 1. The van der Waals surface area contributed by atoms with Gasteiger partial charge in [0.05, 0.1) is 6.54 Å². The van der Waals surface area contributed by atoms with Crippen LogP contribution in [0.3, 0.4) is 0 Å². The van der Waals surface area contributed by atoms with Crippen molar-refractivity contribution in [2.24, 2.45) is 5.92 Å². The number of aliphatic hydroxyl groups is 1. The van der Waals surface area contributed by atoms with Gasteiger partial charge in [-0.25, -0.2) is 0 Å². The maximum Gasteiger partial charge on any atom is 0.250 e. The first-order valence-electron chi connectivity index (χ1n) is 6.76. The Bertz CT molecular complexity index is 582. The Morgan fingerprint density at radius 3 is 3.00 bits per heavy atom. The lowest BCUT2D eigenvalue weighted by molar-refractivity contribution is 0.133. The lowest BCUT2D eigenvalue weighted by atomic mass is 9.83. The zero-order valence-electron chi connectivity index (χ0n) is 10.9. The van der Waals surface area contributed by atoms with E-state index >= 15 is 0 Å². The molecule has 4 nitrogen and oxygen atoms in total. The van der Waals surface area contributed by atoms with Crippen molar-refractivity contribution in [3.63, 3.8) is 0 Å². The van der Waals surface area contributed by atoms with Crippen molar-refractivity contribution in [3.05, 3.63) is 34.2 Å². The van der Waals surface area contributed by atoms with Gasteiger partial charge in [0, 0.05) is 37.3 Å². The Kier molecular flexibility index (Phi) is 3.41. The molecule has 19 heavy (non-hydrogen) atoms. The predicted octanol–water partition coefficient (Wildman–Crippen LogP) is 0.263. The van der Waals surface area contributed by atoms with Crippen LogP contribution in [0, 0.1) is 17.8 Å². The van der Waals surface area contributed by atoms with E-state index in [2.05, 4.69) is 22.8 Å². The summed E-state index contributed by atoms with van der Waals surface area (Å²) in [4.78, 5) is 14.2. The quantitative estimate of drug-likeness (QED) is 0.735. The second kappa shape index (κ2) is 5.20. The molecule has 1 aromatic heterocycles. The predicted molar refractivity (Wildman–Crippen MR) is 72.9 cm³/mol. The summed E-state index contributed by atoms with van der Waals surface area (Å²) in [5.41, 5.74) is 1.30. The summed E-state index contributed by atoms with van der Waals surface area (Å²) in [6, 6.07) is 5.58. The van der Waals surface area contributed by atoms with Crippen molar-refractivity contribution >= 4 is 0 Å². The van der Waals surface area contributed by atoms with Crippen molar-refractivity contribution in [1.29, 1.82) is 0 Å². The van der Waals surface area contributed by atoms with E-state index < -0.39 is 0 Å². The maximum atomic E-state index is 11.9. The molecular weight excluding hydrogens is 240 g/mol. The van der Waals surface area contributed by atoms with Crippen LogP contribution >= 0.6 is 0 Å². The van der Waals surface area contributed by atoms with E-state index in [1.165, 1.54) is 12.1 Å². The van der Waals surface area contributed by atoms with Crippen LogP contribution in [0.15, 0.2) is 23.0 Å². The normalized spacial score (nSPS) is 25.3. The van der Waals surface area contributed by atoms with Gasteiger partial charge < -0.3 is 9.67 Å². The average Bonchev–Trinajstić information content (AvgIpc) is 2.40. The minimum atomic E-state index is -0.0705. The number of hydrogen-bond acceptors (Lipinski definition) is 3. The fourth-order valence-electron chi connectivity index (χ4n) is 3.35. The average molecular weight is 258 g/mol. The van der Waals surface area contributed by atoms with Crippen LogP contribution in [0.5, 0.6) is 0 Å². The van der Waals surface area contributed by atoms with E-state index in [1.807, 2.05) is 10.6 Å². The number of rotatable bonds is 1. The van der Waals surface area contributed by atoms with Crippen molar-refractivity contribution < 1.29 is 5.11 Å². The molecule has 2 bridgehead atoms. The molecule has 100 valence electrons. The molecule has 2 unspecified atom stereocenters. The van der Waals surface area contributed by atoms with E-state index in [9.17, 15) is 4.79 Å². The van der Waals surface area contributed by atoms with Crippen LogP contribution in [-0.2, 0) is 6.54 Å². The van der Waals surface area contributed by atoms with Crippen molar-refractivity contribution in [2.75, 3.05) is 26.2 Å². The number of likely N-dealkylation sites (tertiary alicyclic amines) is 1. The molecule has 4 heteroatoms. The van der Waals surface area contributed by atoms with Crippen LogP contribution < -0.4 is 5.56 Å². The molecule has 3 heterocycles. The minimum Gasteiger partial charge on any atom is -0.384 e. The van der Waals surface area contributed by atoms with Gasteiger partial charge in [-0.2, -0.15) is 0 Å². The molecule has 0 amide bonds. The van der Waals surface area contributed by atoms with E-state index in [0.29, 0.717) is 18.4 Å². The fraction of sp³-hybridized carbons (Fsp3) is 0.533. The molecule has 2 atom stereocenters. The molecule has 1 aromatic rings. The van der Waals surface area contributed by atoms with Crippen LogP contribution in [-0.4, -0.2) is 40.8 Å². The second-order valence-electron chi connectivity index (χ2n) is 5.40. The Morgan fingerprint density at radius 2 is 2.16 bits per heavy atom. The van der Waals surface area contributed by atoms with Crippen LogP contribution in [0.2, 0.25) is 0 Å². The van der Waals surface area contributed by atoms with Crippen molar-refractivity contribution in [3.8, 4) is 11.8 Å². The molecule has 0 spiro atoms. The highest BCUT2D eigenvalue weighted by Gasteiger charge is 2.33. The number of piperidine rings is 1. The molecule has 1 N–H and O–H groups in total. The van der Waals surface area contributed by atoms with Gasteiger partial charge in [0.15, 0.2) is 0 Å². The van der Waals surface area contributed by atoms with Crippen molar-refractivity contribution in [1.82, 2.24) is 9.47 Å². The monoisotopic (exact) mass is 258 g/mol. The van der Waals surface area contributed by atoms with Crippen LogP contribution in [0.1, 0.15) is 18.0 Å². The van der Waals surface area contributed by atoms with Gasteiger partial charge in [-0.05, 0) is 18.4 Å². The van der Waals surface area contributed by atoms with E-state index in [-0.39, 0.29) is 12.2 Å². The van der Waals surface area contributed by atoms with Gasteiger partial charge in [-0.3, -0.25) is 9.69 Å². The third-order valence-electron chi connectivity index (χ3n) is 4.06. The first-order valence-corrected chi connectivity index (χ1v) is 6.76. The third-order valence-corrected chi connectivity index (χ3v) is 4.06. The van der Waals surface area contributed by atoms with Gasteiger partial charge >= 0.3 is 0 Å². The summed E-state index contributed by atoms with van der Waals surface area (Å²) in [7, 11) is 0. The highest BCUT2D eigenvalue weighted by Crippen LogP contribution is 2.34. The van der Waals surface area contributed by atoms with Gasteiger partial charge in [-0.15, -0.1) is 0 Å². The largest absolute Gasteiger partial charge is 0.384 e. The zero-order chi connectivity index (χ0) is 13.2. The number of hydrogen-bond donors (Lipinski definition) is 1. The Balaban J connectivity index is 1.82. The number of nitrogens with zero attached hydrogens (tertiary/aromatic N) is 2. The minimum absolute atomic E-state index is 0.0705. The Labute approximate surface area is 112 Å². The number of aromatic nitrogens is 1. The first kappa shape index (κ1) is 12.5. The number of fused-ring (bicyclic) bond motifs is 4. The summed E-state index contributed by atoms with van der Waals surface area (Å²) in [6.45, 7) is 3.43. The molecular formula is C15H18N2O2. The molecule has 0 aromatic carbocycles. The highest BCUT2D eigenvalue weighted by molar-refractivity contribution is 5.17. The van der Waals surface area contributed by atoms with Gasteiger partial charge in [-0.1, -0.05) is 17.9 Å². The highest BCUT2D eigenvalue weighted by atomic mass is 16.2.